The minimum absolute atomic E-state index is 0.0223. The second kappa shape index (κ2) is 10.8. The number of hydrogen-bond donors (Lipinski definition) is 0. The van der Waals surface area contributed by atoms with Crippen LogP contribution in [0.3, 0.4) is 0 Å². The third-order valence-electron chi connectivity index (χ3n) is 16.4. The monoisotopic (exact) mass is 765 g/mol. The van der Waals surface area contributed by atoms with Crippen LogP contribution < -0.4 is 4.74 Å². The summed E-state index contributed by atoms with van der Waals surface area (Å²) in [6.45, 7) is 0. The van der Waals surface area contributed by atoms with Gasteiger partial charge in [0.15, 0.2) is 11.6 Å². The molecule has 12 bridgehead atoms. The molecule has 12 aliphatic rings. The SMILES string of the molecule is O=C1C2CC3CC1CC(c1cc(C45CC6CC(CC(C6)C4=O)C5)cc(C45CC6CC(C4)C(=O)C(C6)C5)c1Oc1c(F)c(F)c(S(=O)(=O)[O-])c(F)c1F)(C3)C2. The maximum absolute atomic E-state index is 16.0. The molecule has 0 saturated heterocycles. The molecule has 2 aromatic carbocycles. The van der Waals surface area contributed by atoms with E-state index in [-0.39, 0.29) is 64.5 Å². The quantitative estimate of drug-likeness (QED) is 0.167. The Morgan fingerprint density at radius 1 is 0.556 bits per heavy atom. The zero-order chi connectivity index (χ0) is 37.4. The summed E-state index contributed by atoms with van der Waals surface area (Å²) in [5.74, 6) is -9.54. The van der Waals surface area contributed by atoms with E-state index in [1.807, 2.05) is 12.1 Å². The zero-order valence-electron chi connectivity index (χ0n) is 29.7. The lowest BCUT2D eigenvalue weighted by Gasteiger charge is -2.59. The lowest BCUT2D eigenvalue weighted by atomic mass is 9.44. The largest absolute Gasteiger partial charge is 0.744 e. The van der Waals surface area contributed by atoms with E-state index in [4.69, 9.17) is 4.74 Å². The first kappa shape index (κ1) is 34.2. The van der Waals surface area contributed by atoms with Gasteiger partial charge in [0.2, 0.25) is 17.4 Å². The van der Waals surface area contributed by atoms with Gasteiger partial charge in [-0.1, -0.05) is 12.1 Å². The van der Waals surface area contributed by atoms with Gasteiger partial charge in [-0.3, -0.25) is 14.4 Å². The molecule has 0 radical (unpaired) electrons. The second-order valence-electron chi connectivity index (χ2n) is 19.4. The van der Waals surface area contributed by atoms with Crippen LogP contribution in [0, 0.1) is 76.5 Å². The van der Waals surface area contributed by atoms with Crippen LogP contribution in [-0.2, 0) is 40.7 Å². The van der Waals surface area contributed by atoms with Crippen molar-refractivity contribution < 1.29 is 49.7 Å². The van der Waals surface area contributed by atoms with E-state index in [2.05, 4.69) is 0 Å². The molecule has 12 heteroatoms. The van der Waals surface area contributed by atoms with Gasteiger partial charge < -0.3 is 9.29 Å². The van der Waals surface area contributed by atoms with E-state index in [0.717, 1.165) is 50.5 Å². The summed E-state index contributed by atoms with van der Waals surface area (Å²) < 4.78 is 104. The Morgan fingerprint density at radius 2 is 0.963 bits per heavy atom. The fraction of sp³-hybridized carbons (Fsp3) is 0.643. The summed E-state index contributed by atoms with van der Waals surface area (Å²) >= 11 is 0. The smallest absolute Gasteiger partial charge is 0.205 e. The number of hydrogen-bond acceptors (Lipinski definition) is 7. The lowest BCUT2D eigenvalue weighted by molar-refractivity contribution is -0.143. The van der Waals surface area contributed by atoms with Crippen molar-refractivity contribution in [3.8, 4) is 11.5 Å². The fourth-order valence-corrected chi connectivity index (χ4v) is 15.7. The number of Topliss-reactive ketones (excluding diaryl/α,β-unsaturated/α-hetero) is 3. The van der Waals surface area contributed by atoms with Gasteiger partial charge in [0.1, 0.15) is 38.1 Å². The average Bonchev–Trinajstić information content (AvgIpc) is 3.10. The molecule has 12 saturated carbocycles. The molecule has 54 heavy (non-hydrogen) atoms. The summed E-state index contributed by atoms with van der Waals surface area (Å²) in [5.41, 5.74) is -0.183. The molecule has 0 spiro atoms. The van der Waals surface area contributed by atoms with Crippen molar-refractivity contribution in [3.05, 3.63) is 52.1 Å². The Hall–Kier alpha value is -3.12. The molecule has 14 rings (SSSR count). The molecular weight excluding hydrogens is 725 g/mol. The number of halogens is 4. The Bertz CT molecular complexity index is 2080. The van der Waals surface area contributed by atoms with E-state index in [0.29, 0.717) is 74.3 Å². The average molecular weight is 766 g/mol. The van der Waals surface area contributed by atoms with Gasteiger partial charge in [0.05, 0.1) is 5.41 Å². The molecule has 0 aliphatic heterocycles. The summed E-state index contributed by atoms with van der Waals surface area (Å²) in [7, 11) is -5.95. The molecule has 286 valence electrons. The van der Waals surface area contributed by atoms with Gasteiger partial charge in [-0.25, -0.2) is 17.2 Å². The van der Waals surface area contributed by atoms with Crippen molar-refractivity contribution in [2.75, 3.05) is 0 Å². The molecule has 12 aliphatic carbocycles. The molecule has 2 aromatic rings. The Labute approximate surface area is 310 Å². The highest BCUT2D eigenvalue weighted by Gasteiger charge is 2.62. The number of rotatable bonds is 6. The van der Waals surface area contributed by atoms with Gasteiger partial charge in [-0.15, -0.1) is 0 Å². The van der Waals surface area contributed by atoms with Crippen LogP contribution in [0.1, 0.15) is 113 Å². The molecule has 0 heterocycles. The van der Waals surface area contributed by atoms with Crippen molar-refractivity contribution in [2.24, 2.45) is 53.3 Å². The standard InChI is InChI=1S/C42H42F4O7S/c43-30-32(45)38(54(50,51)52)33(46)31(44)37(30)53-36-28(40-10-20-4-23(14-40)34(47)24(5-20)15-40)8-27(42-12-18-1-19(13-42)3-22(2-18)39(42)49)9-29(36)41-11-21-6-25(16-41)35(48)26(7-21)17-41/h8-9,18-26H,1-7,10-17H2,(H,50,51,52)/p-1. The van der Waals surface area contributed by atoms with E-state index in [1.165, 1.54) is 0 Å². The maximum atomic E-state index is 16.0. The summed E-state index contributed by atoms with van der Waals surface area (Å²) in [6, 6.07) is 3.93. The number of ether oxygens (including phenoxy) is 1. The minimum Gasteiger partial charge on any atom is -0.744 e. The predicted molar refractivity (Wildman–Crippen MR) is 181 cm³/mol. The van der Waals surface area contributed by atoms with Gasteiger partial charge in [-0.2, -0.15) is 8.78 Å². The lowest BCUT2D eigenvalue weighted by Crippen LogP contribution is -2.57. The fourth-order valence-electron chi connectivity index (χ4n) is 15.1. The third kappa shape index (κ3) is 4.44. The molecule has 0 aromatic heterocycles. The van der Waals surface area contributed by atoms with Gasteiger partial charge in [0.25, 0.3) is 0 Å². The predicted octanol–water partition coefficient (Wildman–Crippen LogP) is 7.88. The Balaban J connectivity index is 1.19. The molecule has 0 amide bonds. The Morgan fingerprint density at radius 3 is 1.39 bits per heavy atom. The highest BCUT2D eigenvalue weighted by Crippen LogP contribution is 2.67. The maximum Gasteiger partial charge on any atom is 0.205 e. The number of carbonyl (C=O) groups excluding carboxylic acids is 3. The van der Waals surface area contributed by atoms with Crippen molar-refractivity contribution in [1.29, 1.82) is 0 Å². The van der Waals surface area contributed by atoms with Crippen LogP contribution in [-0.4, -0.2) is 30.3 Å². The number of carbonyl (C=O) groups is 3. The first-order valence-electron chi connectivity index (χ1n) is 19.9. The minimum atomic E-state index is -5.95. The van der Waals surface area contributed by atoms with Gasteiger partial charge in [-0.05, 0) is 126 Å². The second-order valence-corrected chi connectivity index (χ2v) is 20.7. The van der Waals surface area contributed by atoms with Crippen LogP contribution in [0.5, 0.6) is 11.5 Å². The van der Waals surface area contributed by atoms with Crippen molar-refractivity contribution in [2.45, 2.75) is 117 Å². The molecule has 6 unspecified atom stereocenters. The summed E-state index contributed by atoms with van der Waals surface area (Å²) in [5, 5.41) is 0. The Kier molecular flexibility index (Phi) is 6.85. The number of ketones is 3. The van der Waals surface area contributed by atoms with Crippen LogP contribution in [0.2, 0.25) is 0 Å². The van der Waals surface area contributed by atoms with Crippen molar-refractivity contribution >= 4 is 27.5 Å². The first-order chi connectivity index (χ1) is 25.6. The normalized spacial score (nSPS) is 42.5. The molecule has 12 fully saturated rings. The van der Waals surface area contributed by atoms with Crippen LogP contribution >= 0.6 is 0 Å². The van der Waals surface area contributed by atoms with E-state index in [1.54, 1.807) is 0 Å². The molecule has 0 N–H and O–H groups in total. The third-order valence-corrected chi connectivity index (χ3v) is 17.3. The highest BCUT2D eigenvalue weighted by molar-refractivity contribution is 7.85. The van der Waals surface area contributed by atoms with Crippen LogP contribution in [0.4, 0.5) is 17.6 Å². The van der Waals surface area contributed by atoms with Gasteiger partial charge >= 0.3 is 0 Å². The molecule has 7 nitrogen and oxygen atoms in total. The van der Waals surface area contributed by atoms with E-state index >= 15 is 17.6 Å². The van der Waals surface area contributed by atoms with Gasteiger partial charge in [0, 0.05) is 51.5 Å². The summed E-state index contributed by atoms with van der Waals surface area (Å²) in [6.07, 6.45) is 10.4. The number of benzene rings is 2. The first-order valence-corrected chi connectivity index (χ1v) is 21.3. The van der Waals surface area contributed by atoms with E-state index < -0.39 is 60.3 Å². The molecule has 6 atom stereocenters. The van der Waals surface area contributed by atoms with Crippen molar-refractivity contribution in [3.63, 3.8) is 0 Å². The summed E-state index contributed by atoms with van der Waals surface area (Å²) in [4.78, 5) is 39.3. The van der Waals surface area contributed by atoms with Crippen LogP contribution in [0.25, 0.3) is 0 Å². The topological polar surface area (TPSA) is 118 Å². The van der Waals surface area contributed by atoms with Crippen LogP contribution in [0.15, 0.2) is 17.0 Å². The zero-order valence-corrected chi connectivity index (χ0v) is 30.6. The highest BCUT2D eigenvalue weighted by atomic mass is 32.2. The van der Waals surface area contributed by atoms with Crippen molar-refractivity contribution in [1.82, 2.24) is 0 Å². The molecular formula is C42H41F4O7S-. The van der Waals surface area contributed by atoms with E-state index in [9.17, 15) is 27.4 Å².